The summed E-state index contributed by atoms with van der Waals surface area (Å²) in [5, 5.41) is 2.18. The highest BCUT2D eigenvalue weighted by atomic mass is 79.9. The second-order valence-electron chi connectivity index (χ2n) is 5.73. The van der Waals surface area contributed by atoms with Crippen LogP contribution in [0.5, 0.6) is 0 Å². The van der Waals surface area contributed by atoms with Crippen molar-refractivity contribution in [3.8, 4) is 0 Å². The molecule has 20 heavy (non-hydrogen) atoms. The number of halogens is 1. The summed E-state index contributed by atoms with van der Waals surface area (Å²) in [5.74, 6) is 6.36. The molecule has 2 aliphatic heterocycles. The van der Waals surface area contributed by atoms with Crippen molar-refractivity contribution < 1.29 is 9.47 Å². The van der Waals surface area contributed by atoms with Crippen LogP contribution in [0.3, 0.4) is 0 Å². The molecule has 1 aromatic heterocycles. The Bertz CT molecular complexity index is 443. The SMILES string of the molecule is NNC(c1csc(Br)c1)C1CCOC2(CCOCC2)C1. The number of rotatable bonds is 3. The summed E-state index contributed by atoms with van der Waals surface area (Å²) in [6, 6.07) is 2.38. The Hall–Kier alpha value is 0.0200. The Kier molecular flexibility index (Phi) is 4.79. The highest BCUT2D eigenvalue weighted by molar-refractivity contribution is 9.11. The number of nitrogens with two attached hydrogens (primary N) is 1. The van der Waals surface area contributed by atoms with Crippen LogP contribution < -0.4 is 11.3 Å². The summed E-state index contributed by atoms with van der Waals surface area (Å²) >= 11 is 5.24. The Morgan fingerprint density at radius 3 is 2.85 bits per heavy atom. The number of thiophene rings is 1. The van der Waals surface area contributed by atoms with E-state index in [1.807, 2.05) is 0 Å². The van der Waals surface area contributed by atoms with E-state index in [0.29, 0.717) is 5.92 Å². The average Bonchev–Trinajstić information content (AvgIpc) is 2.87. The van der Waals surface area contributed by atoms with E-state index in [4.69, 9.17) is 15.3 Å². The zero-order valence-corrected chi connectivity index (χ0v) is 13.8. The molecule has 1 aromatic rings. The van der Waals surface area contributed by atoms with Gasteiger partial charge in [-0.3, -0.25) is 11.3 Å². The number of hydrogen-bond donors (Lipinski definition) is 2. The van der Waals surface area contributed by atoms with E-state index in [1.54, 1.807) is 11.3 Å². The lowest BCUT2D eigenvalue weighted by Crippen LogP contribution is -2.47. The molecule has 0 aromatic carbocycles. The Labute approximate surface area is 132 Å². The molecule has 112 valence electrons. The summed E-state index contributed by atoms with van der Waals surface area (Å²) in [5.41, 5.74) is 4.32. The Balaban J connectivity index is 1.74. The summed E-state index contributed by atoms with van der Waals surface area (Å²) in [6.07, 6.45) is 4.14. The third-order valence-corrected chi connectivity index (χ3v) is 6.06. The van der Waals surface area contributed by atoms with E-state index in [0.717, 1.165) is 49.3 Å². The normalized spacial score (nSPS) is 27.6. The van der Waals surface area contributed by atoms with Gasteiger partial charge in [0.1, 0.15) is 0 Å². The van der Waals surface area contributed by atoms with Gasteiger partial charge in [0.2, 0.25) is 0 Å². The van der Waals surface area contributed by atoms with Crippen LogP contribution in [-0.4, -0.2) is 25.4 Å². The lowest BCUT2D eigenvalue weighted by atomic mass is 9.77. The molecule has 1 spiro atoms. The molecule has 3 heterocycles. The standard InChI is InChI=1S/C14H21BrN2O2S/c15-12-7-11(9-20-12)13(17-16)10-1-4-19-14(8-10)2-5-18-6-3-14/h7,9-10,13,17H,1-6,8,16H2. The quantitative estimate of drug-likeness (QED) is 0.642. The fourth-order valence-electron chi connectivity index (χ4n) is 3.43. The van der Waals surface area contributed by atoms with Crippen LogP contribution in [0.25, 0.3) is 0 Å². The number of ether oxygens (including phenoxy) is 2. The lowest BCUT2D eigenvalue weighted by Gasteiger charge is -2.45. The van der Waals surface area contributed by atoms with Crippen molar-refractivity contribution in [2.45, 2.75) is 37.3 Å². The summed E-state index contributed by atoms with van der Waals surface area (Å²) in [6.45, 7) is 2.46. The lowest BCUT2D eigenvalue weighted by molar-refractivity contribution is -0.150. The van der Waals surface area contributed by atoms with Gasteiger partial charge >= 0.3 is 0 Å². The minimum absolute atomic E-state index is 0.0174. The van der Waals surface area contributed by atoms with Crippen molar-refractivity contribution >= 4 is 27.3 Å². The third kappa shape index (κ3) is 3.10. The highest BCUT2D eigenvalue weighted by Gasteiger charge is 2.41. The molecule has 2 aliphatic rings. The molecule has 0 aliphatic carbocycles. The van der Waals surface area contributed by atoms with Crippen LogP contribution in [0.15, 0.2) is 15.2 Å². The molecule has 2 unspecified atom stereocenters. The highest BCUT2D eigenvalue weighted by Crippen LogP contribution is 2.42. The summed E-state index contributed by atoms with van der Waals surface area (Å²) in [4.78, 5) is 0. The molecule has 6 heteroatoms. The third-order valence-electron chi connectivity index (χ3n) is 4.53. The molecule has 0 bridgehead atoms. The Morgan fingerprint density at radius 1 is 1.40 bits per heavy atom. The van der Waals surface area contributed by atoms with Gasteiger partial charge in [0, 0.05) is 25.9 Å². The van der Waals surface area contributed by atoms with Gasteiger partial charge in [0.25, 0.3) is 0 Å². The van der Waals surface area contributed by atoms with Crippen molar-refractivity contribution in [1.29, 1.82) is 0 Å². The maximum absolute atomic E-state index is 6.12. The van der Waals surface area contributed by atoms with E-state index in [-0.39, 0.29) is 11.6 Å². The van der Waals surface area contributed by atoms with Crippen LogP contribution in [0.4, 0.5) is 0 Å². The van der Waals surface area contributed by atoms with E-state index in [1.165, 1.54) is 5.56 Å². The van der Waals surface area contributed by atoms with Gasteiger partial charge in [-0.15, -0.1) is 11.3 Å². The van der Waals surface area contributed by atoms with Gasteiger partial charge in [-0.1, -0.05) is 0 Å². The van der Waals surface area contributed by atoms with Crippen molar-refractivity contribution in [2.75, 3.05) is 19.8 Å². The monoisotopic (exact) mass is 360 g/mol. The van der Waals surface area contributed by atoms with Crippen LogP contribution in [0.2, 0.25) is 0 Å². The molecule has 2 fully saturated rings. The van der Waals surface area contributed by atoms with Crippen LogP contribution in [0, 0.1) is 5.92 Å². The fraction of sp³-hybridized carbons (Fsp3) is 0.714. The number of hydrazine groups is 1. The van der Waals surface area contributed by atoms with Crippen molar-refractivity contribution in [3.05, 3.63) is 20.8 Å². The predicted molar refractivity (Wildman–Crippen MR) is 83.5 cm³/mol. The minimum atomic E-state index is 0.0174. The van der Waals surface area contributed by atoms with Gasteiger partial charge in [-0.25, -0.2) is 0 Å². The van der Waals surface area contributed by atoms with Gasteiger partial charge in [-0.05, 0) is 64.5 Å². The predicted octanol–water partition coefficient (Wildman–Crippen LogP) is 2.99. The number of hydrogen-bond acceptors (Lipinski definition) is 5. The number of nitrogens with one attached hydrogen (secondary N) is 1. The molecule has 4 nitrogen and oxygen atoms in total. The van der Waals surface area contributed by atoms with Crippen molar-refractivity contribution in [1.82, 2.24) is 5.43 Å². The molecule has 0 saturated carbocycles. The van der Waals surface area contributed by atoms with Crippen LogP contribution in [-0.2, 0) is 9.47 Å². The molecule has 3 rings (SSSR count). The molecule has 0 radical (unpaired) electrons. The summed E-state index contributed by atoms with van der Waals surface area (Å²) in [7, 11) is 0. The maximum atomic E-state index is 6.12. The molecule has 2 saturated heterocycles. The largest absolute Gasteiger partial charge is 0.381 e. The fourth-order valence-corrected chi connectivity index (χ4v) is 4.65. The first-order chi connectivity index (χ1) is 9.72. The van der Waals surface area contributed by atoms with Gasteiger partial charge in [0.15, 0.2) is 0 Å². The molecule has 3 N–H and O–H groups in total. The first-order valence-corrected chi connectivity index (χ1v) is 8.81. The molecule has 0 amide bonds. The second-order valence-corrected chi connectivity index (χ2v) is 8.02. The molecule has 2 atom stereocenters. The minimum Gasteiger partial charge on any atom is -0.381 e. The molecular formula is C14H21BrN2O2S. The average molecular weight is 361 g/mol. The van der Waals surface area contributed by atoms with E-state index >= 15 is 0 Å². The smallest absolute Gasteiger partial charge is 0.0729 e. The topological polar surface area (TPSA) is 56.5 Å². The van der Waals surface area contributed by atoms with Gasteiger partial charge < -0.3 is 9.47 Å². The second kappa shape index (κ2) is 6.42. The molecular weight excluding hydrogens is 340 g/mol. The van der Waals surface area contributed by atoms with E-state index in [2.05, 4.69) is 32.8 Å². The van der Waals surface area contributed by atoms with E-state index < -0.39 is 0 Å². The zero-order chi connectivity index (χ0) is 14.0. The first-order valence-electron chi connectivity index (χ1n) is 7.14. The van der Waals surface area contributed by atoms with Gasteiger partial charge in [0.05, 0.1) is 9.39 Å². The van der Waals surface area contributed by atoms with Crippen LogP contribution in [0.1, 0.15) is 37.3 Å². The maximum Gasteiger partial charge on any atom is 0.0729 e. The zero-order valence-electron chi connectivity index (χ0n) is 11.4. The first kappa shape index (κ1) is 14.9. The van der Waals surface area contributed by atoms with Crippen LogP contribution >= 0.6 is 27.3 Å². The van der Waals surface area contributed by atoms with Crippen molar-refractivity contribution in [2.24, 2.45) is 11.8 Å². The van der Waals surface area contributed by atoms with Gasteiger partial charge in [-0.2, -0.15) is 0 Å². The Morgan fingerprint density at radius 2 is 2.20 bits per heavy atom. The van der Waals surface area contributed by atoms with Crippen molar-refractivity contribution in [3.63, 3.8) is 0 Å². The van der Waals surface area contributed by atoms with E-state index in [9.17, 15) is 0 Å². The summed E-state index contributed by atoms with van der Waals surface area (Å²) < 4.78 is 12.8.